The summed E-state index contributed by atoms with van der Waals surface area (Å²) in [6.45, 7) is 2.45. The van der Waals surface area contributed by atoms with Crippen LogP contribution in [0.25, 0.3) is 5.69 Å². The van der Waals surface area contributed by atoms with Gasteiger partial charge in [-0.3, -0.25) is 15.6 Å². The van der Waals surface area contributed by atoms with E-state index in [-0.39, 0.29) is 23.6 Å². The minimum absolute atomic E-state index is 0.174. The number of nitrogens with one attached hydrogen (secondary N) is 2. The van der Waals surface area contributed by atoms with Crippen molar-refractivity contribution in [3.63, 3.8) is 0 Å². The number of hydrogen-bond donors (Lipinski definition) is 2. The van der Waals surface area contributed by atoms with Gasteiger partial charge in [-0.1, -0.05) is 48.7 Å². The van der Waals surface area contributed by atoms with Crippen LogP contribution in [0.15, 0.2) is 48.5 Å². The van der Waals surface area contributed by atoms with E-state index in [2.05, 4.69) is 20.9 Å². The molecule has 2 heterocycles. The standard InChI is InChI=1S/C25H30ClFN6O/c1-17-28-24(31-33(17)23-10-6-5-9-21(23)26)25(34)32(2)15-7-3-4-8-20-16-22(30-29-20)18-11-13-19(27)14-12-18/h5-6,9-14,20,22,29-30H,3-4,7-8,15-16H2,1-2H3. The number of carbonyl (C=O) groups is 1. The van der Waals surface area contributed by atoms with Gasteiger partial charge in [-0.25, -0.2) is 14.1 Å². The van der Waals surface area contributed by atoms with E-state index < -0.39 is 0 Å². The molecule has 1 saturated heterocycles. The van der Waals surface area contributed by atoms with E-state index >= 15 is 0 Å². The summed E-state index contributed by atoms with van der Waals surface area (Å²) in [7, 11) is 1.78. The molecule has 1 aliphatic rings. The molecule has 34 heavy (non-hydrogen) atoms. The molecule has 180 valence electrons. The average molecular weight is 485 g/mol. The molecule has 4 rings (SSSR count). The van der Waals surface area contributed by atoms with E-state index in [1.165, 1.54) is 12.1 Å². The lowest BCUT2D eigenvalue weighted by molar-refractivity contribution is 0.0780. The maximum absolute atomic E-state index is 13.1. The molecule has 0 aliphatic carbocycles. The molecule has 0 saturated carbocycles. The molecule has 0 radical (unpaired) electrons. The second-order valence-corrected chi connectivity index (χ2v) is 9.15. The summed E-state index contributed by atoms with van der Waals surface area (Å²) >= 11 is 6.27. The third kappa shape index (κ3) is 5.81. The fourth-order valence-corrected chi connectivity index (χ4v) is 4.46. The van der Waals surface area contributed by atoms with Crippen molar-refractivity contribution < 1.29 is 9.18 Å². The number of nitrogens with zero attached hydrogens (tertiary/aromatic N) is 4. The Morgan fingerprint density at radius 3 is 2.68 bits per heavy atom. The van der Waals surface area contributed by atoms with Gasteiger partial charge in [0.2, 0.25) is 5.82 Å². The van der Waals surface area contributed by atoms with Gasteiger partial charge in [-0.05, 0) is 56.0 Å². The molecule has 9 heteroatoms. The highest BCUT2D eigenvalue weighted by atomic mass is 35.5. The predicted octanol–water partition coefficient (Wildman–Crippen LogP) is 4.61. The van der Waals surface area contributed by atoms with Gasteiger partial charge in [0.1, 0.15) is 11.6 Å². The van der Waals surface area contributed by atoms with Crippen LogP contribution in [0.1, 0.15) is 60.2 Å². The van der Waals surface area contributed by atoms with Gasteiger partial charge in [0.25, 0.3) is 5.91 Å². The summed E-state index contributed by atoms with van der Waals surface area (Å²) in [5.74, 6) is 0.377. The maximum atomic E-state index is 13.1. The quantitative estimate of drug-likeness (QED) is 0.434. The third-order valence-corrected chi connectivity index (χ3v) is 6.51. The Balaban J connectivity index is 1.19. The van der Waals surface area contributed by atoms with E-state index in [0.29, 0.717) is 29.1 Å². The molecular weight excluding hydrogens is 455 g/mol. The third-order valence-electron chi connectivity index (χ3n) is 6.19. The van der Waals surface area contributed by atoms with Crippen LogP contribution in [0.3, 0.4) is 0 Å². The molecule has 1 aliphatic heterocycles. The van der Waals surface area contributed by atoms with Gasteiger partial charge >= 0.3 is 0 Å². The molecule has 2 N–H and O–H groups in total. The number of unbranched alkanes of at least 4 members (excludes halogenated alkanes) is 2. The van der Waals surface area contributed by atoms with Gasteiger partial charge in [-0.15, -0.1) is 5.10 Å². The van der Waals surface area contributed by atoms with Crippen LogP contribution in [-0.2, 0) is 0 Å². The zero-order valence-electron chi connectivity index (χ0n) is 19.5. The lowest BCUT2D eigenvalue weighted by atomic mass is 9.99. The Hall–Kier alpha value is -2.81. The molecule has 1 fully saturated rings. The van der Waals surface area contributed by atoms with Crippen LogP contribution >= 0.6 is 11.6 Å². The van der Waals surface area contributed by atoms with Crippen molar-refractivity contribution in [3.05, 3.63) is 76.6 Å². The Bertz CT molecular complexity index is 1120. The van der Waals surface area contributed by atoms with E-state index in [4.69, 9.17) is 11.6 Å². The Labute approximate surface area is 204 Å². The van der Waals surface area contributed by atoms with Crippen molar-refractivity contribution in [2.24, 2.45) is 0 Å². The van der Waals surface area contributed by atoms with Crippen molar-refractivity contribution >= 4 is 17.5 Å². The zero-order valence-corrected chi connectivity index (χ0v) is 20.2. The van der Waals surface area contributed by atoms with Crippen LogP contribution < -0.4 is 10.9 Å². The molecular formula is C25H30ClFN6O. The average Bonchev–Trinajstić information content (AvgIpc) is 3.46. The first kappa shape index (κ1) is 24.3. The highest BCUT2D eigenvalue weighted by Crippen LogP contribution is 2.25. The van der Waals surface area contributed by atoms with Gasteiger partial charge in [0, 0.05) is 25.7 Å². The summed E-state index contributed by atoms with van der Waals surface area (Å²) in [5, 5.41) is 4.94. The number of aromatic nitrogens is 3. The van der Waals surface area contributed by atoms with Gasteiger partial charge in [0.05, 0.1) is 10.7 Å². The first-order chi connectivity index (χ1) is 16.4. The number of benzene rings is 2. The second kappa shape index (κ2) is 11.1. The van der Waals surface area contributed by atoms with Gasteiger partial charge in [-0.2, -0.15) is 0 Å². The Kier molecular flexibility index (Phi) is 7.92. The fourth-order valence-electron chi connectivity index (χ4n) is 4.25. The Morgan fingerprint density at radius 2 is 1.91 bits per heavy atom. The molecule has 3 aromatic rings. The first-order valence-corrected chi connectivity index (χ1v) is 12.0. The number of para-hydroxylation sites is 1. The minimum Gasteiger partial charge on any atom is -0.339 e. The van der Waals surface area contributed by atoms with Crippen molar-refractivity contribution in [2.75, 3.05) is 13.6 Å². The van der Waals surface area contributed by atoms with Crippen molar-refractivity contribution in [2.45, 2.75) is 51.1 Å². The number of hydrazine groups is 1. The van der Waals surface area contributed by atoms with Crippen molar-refractivity contribution in [3.8, 4) is 5.69 Å². The molecule has 0 spiro atoms. The summed E-state index contributed by atoms with van der Waals surface area (Å²) in [5.41, 5.74) is 8.45. The zero-order chi connectivity index (χ0) is 24.1. The number of aryl methyl sites for hydroxylation is 1. The summed E-state index contributed by atoms with van der Waals surface area (Å²) in [6, 6.07) is 14.6. The van der Waals surface area contributed by atoms with Crippen LogP contribution in [-0.4, -0.2) is 45.2 Å². The first-order valence-electron chi connectivity index (χ1n) is 11.6. The molecule has 2 aromatic carbocycles. The molecule has 1 amide bonds. The molecule has 2 atom stereocenters. The SMILES string of the molecule is Cc1nc(C(=O)N(C)CCCCCC2CC(c3ccc(F)cc3)NN2)nn1-c1ccccc1Cl. The monoisotopic (exact) mass is 484 g/mol. The van der Waals surface area contributed by atoms with Gasteiger partial charge in [0.15, 0.2) is 0 Å². The number of halogens is 2. The lowest BCUT2D eigenvalue weighted by Crippen LogP contribution is -2.31. The van der Waals surface area contributed by atoms with E-state index in [9.17, 15) is 9.18 Å². The maximum Gasteiger partial charge on any atom is 0.293 e. The topological polar surface area (TPSA) is 75.1 Å². The molecule has 2 unspecified atom stereocenters. The van der Waals surface area contributed by atoms with Crippen molar-refractivity contribution in [1.29, 1.82) is 0 Å². The largest absolute Gasteiger partial charge is 0.339 e. The van der Waals surface area contributed by atoms with Crippen LogP contribution in [0.4, 0.5) is 4.39 Å². The number of hydrogen-bond acceptors (Lipinski definition) is 5. The summed E-state index contributed by atoms with van der Waals surface area (Å²) in [6.07, 6.45) is 5.02. The number of amides is 1. The lowest BCUT2D eigenvalue weighted by Gasteiger charge is -2.15. The minimum atomic E-state index is -0.213. The van der Waals surface area contributed by atoms with Gasteiger partial charge < -0.3 is 4.90 Å². The normalized spacial score (nSPS) is 17.8. The highest BCUT2D eigenvalue weighted by Gasteiger charge is 2.24. The molecule has 1 aromatic heterocycles. The highest BCUT2D eigenvalue weighted by molar-refractivity contribution is 6.32. The number of carbonyl (C=O) groups excluding carboxylic acids is 1. The number of rotatable bonds is 9. The summed E-state index contributed by atoms with van der Waals surface area (Å²) in [4.78, 5) is 18.8. The molecule has 0 bridgehead atoms. The van der Waals surface area contributed by atoms with E-state index in [1.807, 2.05) is 30.3 Å². The van der Waals surface area contributed by atoms with Crippen LogP contribution in [0.2, 0.25) is 5.02 Å². The smallest absolute Gasteiger partial charge is 0.293 e. The second-order valence-electron chi connectivity index (χ2n) is 8.75. The fraction of sp³-hybridized carbons (Fsp3) is 0.400. The summed E-state index contributed by atoms with van der Waals surface area (Å²) < 4.78 is 14.7. The van der Waals surface area contributed by atoms with Crippen LogP contribution in [0, 0.1) is 12.7 Å². The predicted molar refractivity (Wildman–Crippen MR) is 130 cm³/mol. The van der Waals surface area contributed by atoms with E-state index in [1.54, 1.807) is 29.6 Å². The van der Waals surface area contributed by atoms with E-state index in [0.717, 1.165) is 37.7 Å². The van der Waals surface area contributed by atoms with Crippen LogP contribution in [0.5, 0.6) is 0 Å². The van der Waals surface area contributed by atoms with Crippen molar-refractivity contribution in [1.82, 2.24) is 30.5 Å². The Morgan fingerprint density at radius 1 is 1.15 bits per heavy atom. The molecule has 7 nitrogen and oxygen atoms in total.